The fraction of sp³-hybridized carbons (Fsp3) is 0.200. The van der Waals surface area contributed by atoms with Crippen molar-refractivity contribution in [2.45, 2.75) is 19.4 Å². The van der Waals surface area contributed by atoms with Gasteiger partial charge in [-0.1, -0.05) is 30.3 Å². The lowest BCUT2D eigenvalue weighted by atomic mass is 9.97. The third kappa shape index (κ3) is 2.81. The summed E-state index contributed by atoms with van der Waals surface area (Å²) in [6.07, 6.45) is 3.59. The number of nitrogens with two attached hydrogens (primary N) is 1. The van der Waals surface area contributed by atoms with E-state index < -0.39 is 0 Å². The second kappa shape index (κ2) is 5.56. The largest absolute Gasteiger partial charge is 0.324 e. The average Bonchev–Trinajstić information content (AvgIpc) is 2.40. The molecule has 0 spiro atoms. The second-order valence-corrected chi connectivity index (χ2v) is 4.34. The van der Waals surface area contributed by atoms with Crippen LogP contribution < -0.4 is 5.73 Å². The zero-order valence-electron chi connectivity index (χ0n) is 10.3. The van der Waals surface area contributed by atoms with Crippen LogP contribution in [0, 0.1) is 6.92 Å². The van der Waals surface area contributed by atoms with Gasteiger partial charge in [0.1, 0.15) is 0 Å². The van der Waals surface area contributed by atoms with Crippen LogP contribution in [-0.4, -0.2) is 10.8 Å². The van der Waals surface area contributed by atoms with Crippen LogP contribution in [0.4, 0.5) is 0 Å². The summed E-state index contributed by atoms with van der Waals surface area (Å²) >= 11 is 0. The first-order chi connectivity index (χ1) is 8.68. The molecule has 3 heteroatoms. The van der Waals surface area contributed by atoms with E-state index in [9.17, 15) is 4.79 Å². The van der Waals surface area contributed by atoms with Gasteiger partial charge in [-0.05, 0) is 24.1 Å². The van der Waals surface area contributed by atoms with E-state index in [0.29, 0.717) is 12.0 Å². The molecule has 92 valence electrons. The van der Waals surface area contributed by atoms with Gasteiger partial charge in [0.05, 0.1) is 0 Å². The highest BCUT2D eigenvalue weighted by atomic mass is 16.1. The first-order valence-electron chi connectivity index (χ1n) is 5.93. The molecule has 1 aromatic carbocycles. The number of hydrogen-bond donors (Lipinski definition) is 1. The summed E-state index contributed by atoms with van der Waals surface area (Å²) in [5, 5.41) is 0. The maximum absolute atomic E-state index is 12.1. The van der Waals surface area contributed by atoms with Gasteiger partial charge in [0.25, 0.3) is 0 Å². The summed E-state index contributed by atoms with van der Waals surface area (Å²) in [6.45, 7) is 1.91. The van der Waals surface area contributed by atoms with Crippen LogP contribution in [0.2, 0.25) is 0 Å². The van der Waals surface area contributed by atoms with E-state index in [2.05, 4.69) is 4.98 Å². The number of aromatic nitrogens is 1. The van der Waals surface area contributed by atoms with Gasteiger partial charge in [-0.2, -0.15) is 0 Å². The summed E-state index contributed by atoms with van der Waals surface area (Å²) in [4.78, 5) is 16.1. The standard InChI is InChI=1S/C15H16N2O/c1-11-7-8-17-10-13(11)15(18)9-14(16)12-5-3-2-4-6-12/h2-8,10,14H,9,16H2,1H3. The Morgan fingerprint density at radius 1 is 1.28 bits per heavy atom. The molecule has 1 heterocycles. The highest BCUT2D eigenvalue weighted by molar-refractivity contribution is 5.97. The zero-order chi connectivity index (χ0) is 13.0. The van der Waals surface area contributed by atoms with Crippen LogP contribution in [0.5, 0.6) is 0 Å². The van der Waals surface area contributed by atoms with Crippen LogP contribution in [0.15, 0.2) is 48.8 Å². The molecule has 1 unspecified atom stereocenters. The maximum atomic E-state index is 12.1. The van der Waals surface area contributed by atoms with E-state index in [-0.39, 0.29) is 11.8 Å². The molecule has 18 heavy (non-hydrogen) atoms. The normalized spacial score (nSPS) is 12.1. The monoisotopic (exact) mass is 240 g/mol. The van der Waals surface area contributed by atoms with E-state index in [0.717, 1.165) is 11.1 Å². The van der Waals surface area contributed by atoms with E-state index in [1.807, 2.05) is 43.3 Å². The molecular weight excluding hydrogens is 224 g/mol. The second-order valence-electron chi connectivity index (χ2n) is 4.34. The highest BCUT2D eigenvalue weighted by Gasteiger charge is 2.14. The molecule has 0 saturated carbocycles. The average molecular weight is 240 g/mol. The molecule has 3 nitrogen and oxygen atoms in total. The lowest BCUT2D eigenvalue weighted by Gasteiger charge is -2.11. The van der Waals surface area contributed by atoms with Gasteiger partial charge in [0, 0.05) is 30.4 Å². The highest BCUT2D eigenvalue weighted by Crippen LogP contribution is 2.17. The van der Waals surface area contributed by atoms with Crippen LogP contribution in [0.1, 0.15) is 33.9 Å². The molecule has 0 fully saturated rings. The molecule has 0 amide bonds. The molecule has 0 aliphatic rings. The predicted molar refractivity (Wildman–Crippen MR) is 71.3 cm³/mol. The number of hydrogen-bond acceptors (Lipinski definition) is 3. The Morgan fingerprint density at radius 3 is 2.67 bits per heavy atom. The van der Waals surface area contributed by atoms with Crippen molar-refractivity contribution in [1.82, 2.24) is 4.98 Å². The number of pyridine rings is 1. The number of Topliss-reactive ketones (excluding diaryl/α,β-unsaturated/α-hetero) is 1. The Balaban J connectivity index is 2.11. The van der Waals surface area contributed by atoms with Crippen molar-refractivity contribution in [2.75, 3.05) is 0 Å². The van der Waals surface area contributed by atoms with Gasteiger partial charge in [0.15, 0.2) is 5.78 Å². The smallest absolute Gasteiger partial charge is 0.166 e. The SMILES string of the molecule is Cc1ccncc1C(=O)CC(N)c1ccccc1. The van der Waals surface area contributed by atoms with Crippen molar-refractivity contribution < 1.29 is 4.79 Å². The van der Waals surface area contributed by atoms with Gasteiger partial charge in [-0.3, -0.25) is 9.78 Å². The number of carbonyl (C=O) groups is 1. The van der Waals surface area contributed by atoms with Crippen molar-refractivity contribution in [3.63, 3.8) is 0 Å². The Hall–Kier alpha value is -2.00. The molecule has 0 saturated heterocycles. The topological polar surface area (TPSA) is 56.0 Å². The molecule has 2 N–H and O–H groups in total. The number of benzene rings is 1. The Morgan fingerprint density at radius 2 is 2.00 bits per heavy atom. The number of nitrogens with zero attached hydrogens (tertiary/aromatic N) is 1. The van der Waals surface area contributed by atoms with Gasteiger partial charge in [-0.15, -0.1) is 0 Å². The van der Waals surface area contributed by atoms with Crippen LogP contribution >= 0.6 is 0 Å². The summed E-state index contributed by atoms with van der Waals surface area (Å²) in [6, 6.07) is 11.2. The maximum Gasteiger partial charge on any atom is 0.166 e. The summed E-state index contributed by atoms with van der Waals surface area (Å²) < 4.78 is 0. The first-order valence-corrected chi connectivity index (χ1v) is 5.93. The minimum Gasteiger partial charge on any atom is -0.324 e. The lowest BCUT2D eigenvalue weighted by molar-refractivity contribution is 0.0973. The van der Waals surface area contributed by atoms with Gasteiger partial charge in [-0.25, -0.2) is 0 Å². The lowest BCUT2D eigenvalue weighted by Crippen LogP contribution is -2.16. The van der Waals surface area contributed by atoms with Crippen molar-refractivity contribution in [3.8, 4) is 0 Å². The summed E-state index contributed by atoms with van der Waals surface area (Å²) in [5.74, 6) is 0.0388. The fourth-order valence-electron chi connectivity index (χ4n) is 1.88. The Bertz CT molecular complexity index is 537. The first kappa shape index (κ1) is 12.5. The quantitative estimate of drug-likeness (QED) is 0.836. The number of carbonyl (C=O) groups excluding carboxylic acids is 1. The van der Waals surface area contributed by atoms with Crippen molar-refractivity contribution in [2.24, 2.45) is 5.73 Å². The molecular formula is C15H16N2O. The van der Waals surface area contributed by atoms with Gasteiger partial charge < -0.3 is 5.73 Å². The Kier molecular flexibility index (Phi) is 3.85. The Labute approximate surface area is 107 Å². The third-order valence-electron chi connectivity index (χ3n) is 2.97. The van der Waals surface area contributed by atoms with E-state index in [1.165, 1.54) is 0 Å². The third-order valence-corrected chi connectivity index (χ3v) is 2.97. The molecule has 0 bridgehead atoms. The molecule has 1 aromatic heterocycles. The minimum absolute atomic E-state index is 0.0388. The van der Waals surface area contributed by atoms with Crippen molar-refractivity contribution in [1.29, 1.82) is 0 Å². The number of ketones is 1. The van der Waals surface area contributed by atoms with Gasteiger partial charge >= 0.3 is 0 Å². The van der Waals surface area contributed by atoms with E-state index >= 15 is 0 Å². The molecule has 0 radical (unpaired) electrons. The zero-order valence-corrected chi connectivity index (χ0v) is 10.3. The van der Waals surface area contributed by atoms with E-state index in [1.54, 1.807) is 12.4 Å². The molecule has 1 atom stereocenters. The van der Waals surface area contributed by atoms with E-state index in [4.69, 9.17) is 5.73 Å². The van der Waals surface area contributed by atoms with Crippen molar-refractivity contribution in [3.05, 3.63) is 65.5 Å². The van der Waals surface area contributed by atoms with Crippen LogP contribution in [0.3, 0.4) is 0 Å². The minimum atomic E-state index is -0.265. The molecule has 2 rings (SSSR count). The summed E-state index contributed by atoms with van der Waals surface area (Å²) in [7, 11) is 0. The fourth-order valence-corrected chi connectivity index (χ4v) is 1.88. The summed E-state index contributed by atoms with van der Waals surface area (Å²) in [5.41, 5.74) is 8.62. The number of aryl methyl sites for hydroxylation is 1. The van der Waals surface area contributed by atoms with Gasteiger partial charge in [0.2, 0.25) is 0 Å². The molecule has 0 aliphatic heterocycles. The predicted octanol–water partition coefficient (Wildman–Crippen LogP) is 2.66. The van der Waals surface area contributed by atoms with Crippen LogP contribution in [-0.2, 0) is 0 Å². The molecule has 2 aromatic rings. The number of rotatable bonds is 4. The van der Waals surface area contributed by atoms with Crippen molar-refractivity contribution >= 4 is 5.78 Å². The molecule has 0 aliphatic carbocycles. The van der Waals surface area contributed by atoms with Crippen LogP contribution in [0.25, 0.3) is 0 Å².